The second-order valence-electron chi connectivity index (χ2n) is 16.3. The number of piperidine rings is 3. The van der Waals surface area contributed by atoms with E-state index < -0.39 is 52.8 Å². The number of rotatable bonds is 10. The second-order valence-corrected chi connectivity index (χ2v) is 16.3. The number of carbonyl (C=O) groups is 5. The van der Waals surface area contributed by atoms with Crippen molar-refractivity contribution in [2.45, 2.75) is 56.8 Å². The summed E-state index contributed by atoms with van der Waals surface area (Å²) in [4.78, 5) is 76.9. The van der Waals surface area contributed by atoms with Crippen LogP contribution >= 0.6 is 0 Å². The molecule has 19 heteroatoms. The minimum atomic E-state index is -4.64. The van der Waals surface area contributed by atoms with E-state index in [2.05, 4.69) is 25.4 Å². The minimum absolute atomic E-state index is 0.00123. The van der Waals surface area contributed by atoms with E-state index in [1.165, 1.54) is 18.2 Å². The normalized spacial score (nSPS) is 20.9. The summed E-state index contributed by atoms with van der Waals surface area (Å²) >= 11 is 0. The van der Waals surface area contributed by atoms with E-state index in [0.29, 0.717) is 69.4 Å². The molecule has 0 saturated carbocycles. The van der Waals surface area contributed by atoms with Gasteiger partial charge in [0.1, 0.15) is 29.5 Å². The van der Waals surface area contributed by atoms with Gasteiger partial charge < -0.3 is 24.8 Å². The third-order valence-corrected chi connectivity index (χ3v) is 12.4. The Bertz CT molecular complexity index is 2280. The van der Waals surface area contributed by atoms with Gasteiger partial charge in [0, 0.05) is 83.5 Å². The van der Waals surface area contributed by atoms with Gasteiger partial charge in [-0.25, -0.2) is 9.37 Å². The number of piperazine rings is 1. The van der Waals surface area contributed by atoms with Gasteiger partial charge in [0.2, 0.25) is 17.7 Å². The predicted octanol–water partition coefficient (Wildman–Crippen LogP) is 4.03. The molecular weight excluding hydrogens is 815 g/mol. The quantitative estimate of drug-likeness (QED) is 0.222. The summed E-state index contributed by atoms with van der Waals surface area (Å²) in [5.74, 6) is -2.77. The lowest BCUT2D eigenvalue weighted by molar-refractivity contribution is -0.138. The fourth-order valence-electron chi connectivity index (χ4n) is 8.87. The maximum absolute atomic E-state index is 15.4. The Labute approximate surface area is 354 Å². The van der Waals surface area contributed by atoms with Crippen LogP contribution in [0.25, 0.3) is 0 Å². The first-order valence-electron chi connectivity index (χ1n) is 20.8. The summed E-state index contributed by atoms with van der Waals surface area (Å²) < 4.78 is 62.0. The van der Waals surface area contributed by atoms with E-state index >= 15 is 4.39 Å². The molecule has 1 atom stereocenters. The van der Waals surface area contributed by atoms with Crippen LogP contribution in [0.5, 0.6) is 5.75 Å². The first-order chi connectivity index (χ1) is 29.7. The minimum Gasteiger partial charge on any atom is -0.489 e. The molecule has 8 rings (SSSR count). The Balaban J connectivity index is 0.737. The van der Waals surface area contributed by atoms with Gasteiger partial charge in [0.15, 0.2) is 0 Å². The fraction of sp³-hybridized carbons (Fsp3) is 0.465. The molecule has 326 valence electrons. The van der Waals surface area contributed by atoms with Gasteiger partial charge in [-0.3, -0.25) is 39.1 Å². The number of carbonyl (C=O) groups excluding carboxylic acids is 5. The molecule has 5 aliphatic heterocycles. The molecule has 4 saturated heterocycles. The number of hydrogen-bond donors (Lipinski definition) is 2. The number of amides is 5. The van der Waals surface area contributed by atoms with E-state index in [-0.39, 0.29) is 47.6 Å². The van der Waals surface area contributed by atoms with Crippen LogP contribution in [0, 0.1) is 23.1 Å². The van der Waals surface area contributed by atoms with Gasteiger partial charge in [-0.2, -0.15) is 18.4 Å². The fourth-order valence-corrected chi connectivity index (χ4v) is 8.87. The number of alkyl halides is 3. The van der Waals surface area contributed by atoms with Crippen LogP contribution in [-0.2, 0) is 20.6 Å². The number of aromatic nitrogens is 1. The van der Waals surface area contributed by atoms with Crippen molar-refractivity contribution in [3.63, 3.8) is 0 Å². The molecular formula is C43H45F4N9O6. The largest absolute Gasteiger partial charge is 0.489 e. The molecule has 2 aromatic carbocycles. The van der Waals surface area contributed by atoms with Crippen molar-refractivity contribution >= 4 is 46.7 Å². The van der Waals surface area contributed by atoms with Crippen molar-refractivity contribution in [2.75, 3.05) is 80.6 Å². The van der Waals surface area contributed by atoms with Crippen LogP contribution in [0.3, 0.4) is 0 Å². The lowest BCUT2D eigenvalue weighted by Gasteiger charge is -2.38. The summed E-state index contributed by atoms with van der Waals surface area (Å²) in [5.41, 5.74) is -0.829. The second kappa shape index (κ2) is 17.7. The monoisotopic (exact) mass is 859 g/mol. The van der Waals surface area contributed by atoms with Crippen LogP contribution in [-0.4, -0.2) is 127 Å². The highest BCUT2D eigenvalue weighted by atomic mass is 19.4. The van der Waals surface area contributed by atoms with Gasteiger partial charge in [-0.15, -0.1) is 0 Å². The van der Waals surface area contributed by atoms with E-state index in [4.69, 9.17) is 10.00 Å². The number of ether oxygens (including phenoxy) is 1. The smallest absolute Gasteiger partial charge is 0.417 e. The third kappa shape index (κ3) is 9.07. The van der Waals surface area contributed by atoms with E-state index in [1.807, 2.05) is 4.90 Å². The number of nitrogens with one attached hydrogen (secondary N) is 2. The summed E-state index contributed by atoms with van der Waals surface area (Å²) in [6.45, 7) is 6.59. The number of nitriles is 1. The molecule has 6 heterocycles. The highest BCUT2D eigenvalue weighted by molar-refractivity contribution is 6.23. The number of anilines is 3. The highest BCUT2D eigenvalue weighted by Gasteiger charge is 2.45. The Morgan fingerprint density at radius 1 is 0.839 bits per heavy atom. The molecule has 1 unspecified atom stereocenters. The Hall–Kier alpha value is -6.13. The molecule has 0 bridgehead atoms. The van der Waals surface area contributed by atoms with Crippen molar-refractivity contribution in [1.29, 1.82) is 5.26 Å². The molecule has 0 spiro atoms. The number of fused-ring (bicyclic) bond motifs is 1. The maximum Gasteiger partial charge on any atom is 0.417 e. The first kappa shape index (κ1) is 42.6. The maximum atomic E-state index is 15.4. The van der Waals surface area contributed by atoms with Crippen LogP contribution in [0.15, 0.2) is 48.7 Å². The molecule has 0 aliphatic carbocycles. The van der Waals surface area contributed by atoms with Crippen molar-refractivity contribution in [3.05, 3.63) is 76.7 Å². The third-order valence-electron chi connectivity index (χ3n) is 12.4. The Morgan fingerprint density at radius 2 is 1.52 bits per heavy atom. The number of imide groups is 2. The molecule has 4 fully saturated rings. The predicted molar refractivity (Wildman–Crippen MR) is 216 cm³/mol. The summed E-state index contributed by atoms with van der Waals surface area (Å²) in [7, 11) is 0. The zero-order valence-corrected chi connectivity index (χ0v) is 33.8. The Kier molecular flexibility index (Phi) is 12.1. The molecule has 3 aromatic rings. The highest BCUT2D eigenvalue weighted by Crippen LogP contribution is 2.36. The molecule has 0 radical (unpaired) electrons. The zero-order chi connectivity index (χ0) is 43.7. The van der Waals surface area contributed by atoms with E-state index in [9.17, 15) is 37.1 Å². The van der Waals surface area contributed by atoms with Crippen molar-refractivity contribution in [3.8, 4) is 11.8 Å². The van der Waals surface area contributed by atoms with Crippen LogP contribution in [0.2, 0.25) is 0 Å². The van der Waals surface area contributed by atoms with Crippen LogP contribution in [0.1, 0.15) is 70.4 Å². The standard InChI is InChI=1S/C43H45F4N9O6/c44-34-22-31-32(42(61)56(41(31)60)35-4-6-38(57)51-40(35)59)23-36(34)55-19-17-53(18-20-55)16-15-52-11-9-29(10-12-52)62-30-3-5-37(49-25-30)50-39(58)26-7-13-54(14-8-26)28-2-1-27(24-48)33(21-28)43(45,46)47/h1-3,5,21-23,25-26,29,35H,4,6-20H2,(H,49,50,58)(H,51,57,59). The summed E-state index contributed by atoms with van der Waals surface area (Å²) in [5, 5.41) is 14.1. The average molecular weight is 860 g/mol. The number of nitrogens with zero attached hydrogens (tertiary/aromatic N) is 7. The van der Waals surface area contributed by atoms with Gasteiger partial charge >= 0.3 is 6.18 Å². The number of benzene rings is 2. The number of likely N-dealkylation sites (tertiary alicyclic amines) is 1. The lowest BCUT2D eigenvalue weighted by atomic mass is 9.95. The van der Waals surface area contributed by atoms with Crippen LogP contribution in [0.4, 0.5) is 34.8 Å². The molecule has 2 N–H and O–H groups in total. The van der Waals surface area contributed by atoms with Gasteiger partial charge in [0.05, 0.1) is 40.2 Å². The molecule has 15 nitrogen and oxygen atoms in total. The average Bonchev–Trinajstić information content (AvgIpc) is 3.50. The van der Waals surface area contributed by atoms with E-state index in [0.717, 1.165) is 56.1 Å². The van der Waals surface area contributed by atoms with Gasteiger partial charge in [0.25, 0.3) is 11.8 Å². The van der Waals surface area contributed by atoms with Crippen molar-refractivity contribution in [1.82, 2.24) is 25.0 Å². The lowest BCUT2D eigenvalue weighted by Crippen LogP contribution is -2.54. The van der Waals surface area contributed by atoms with Gasteiger partial charge in [-0.1, -0.05) is 0 Å². The Morgan fingerprint density at radius 3 is 2.15 bits per heavy atom. The van der Waals surface area contributed by atoms with Crippen LogP contribution < -0.4 is 25.2 Å². The summed E-state index contributed by atoms with van der Waals surface area (Å²) in [6.07, 6.45) is -0.479. The molecule has 5 aliphatic rings. The van der Waals surface area contributed by atoms with Gasteiger partial charge in [-0.05, 0) is 74.6 Å². The number of halogens is 4. The SMILES string of the molecule is N#Cc1ccc(N2CCC(C(=O)Nc3ccc(OC4CCN(CCN5CCN(c6cc7c(cc6F)C(=O)N(C6CCC(=O)NC6=O)C7=O)CC5)CC4)cn3)CC2)cc1C(F)(F)F. The number of hydrogen-bond acceptors (Lipinski definition) is 12. The van der Waals surface area contributed by atoms with Crippen molar-refractivity contribution < 1.29 is 46.3 Å². The molecule has 5 amide bonds. The topological polar surface area (TPSA) is 172 Å². The molecule has 62 heavy (non-hydrogen) atoms. The first-order valence-corrected chi connectivity index (χ1v) is 20.8. The summed E-state index contributed by atoms with van der Waals surface area (Å²) in [6, 6.07) is 10.1. The molecule has 1 aromatic heterocycles. The number of pyridine rings is 1. The zero-order valence-electron chi connectivity index (χ0n) is 33.8. The van der Waals surface area contributed by atoms with E-state index in [1.54, 1.807) is 29.3 Å². The van der Waals surface area contributed by atoms with Crippen molar-refractivity contribution in [2.24, 2.45) is 5.92 Å².